The summed E-state index contributed by atoms with van der Waals surface area (Å²) in [5.74, 6) is 1.03. The van der Waals surface area contributed by atoms with Gasteiger partial charge in [0.1, 0.15) is 5.75 Å². The number of nitrogens with two attached hydrogens (primary N) is 2. The van der Waals surface area contributed by atoms with Crippen molar-refractivity contribution < 1.29 is 9.47 Å². The number of methoxy groups -OCH3 is 1. The molecular formula is C11H12N4O2. The second kappa shape index (κ2) is 4.56. The Morgan fingerprint density at radius 3 is 2.29 bits per heavy atom. The average molecular weight is 232 g/mol. The Hall–Kier alpha value is -2.50. The number of anilines is 2. The molecule has 0 aliphatic heterocycles. The van der Waals surface area contributed by atoms with E-state index in [1.54, 1.807) is 12.1 Å². The standard InChI is InChI=1S/C11H12N4O2/c1-16-9-8(12)10(15-11(13)14-9)17-7-5-3-2-4-6-7/h2-6H,12H2,1H3,(H2,13,14,15). The number of rotatable bonds is 3. The summed E-state index contributed by atoms with van der Waals surface area (Å²) >= 11 is 0. The maximum Gasteiger partial charge on any atom is 0.251 e. The van der Waals surface area contributed by atoms with Gasteiger partial charge in [-0.25, -0.2) is 0 Å². The van der Waals surface area contributed by atoms with Crippen molar-refractivity contribution in [1.29, 1.82) is 0 Å². The lowest BCUT2D eigenvalue weighted by atomic mass is 10.3. The molecule has 17 heavy (non-hydrogen) atoms. The van der Waals surface area contributed by atoms with Gasteiger partial charge in [-0.3, -0.25) is 0 Å². The SMILES string of the molecule is COc1nc(N)nc(Oc2ccccc2)c1N. The third-order valence-electron chi connectivity index (χ3n) is 2.04. The smallest absolute Gasteiger partial charge is 0.251 e. The summed E-state index contributed by atoms with van der Waals surface area (Å²) in [5, 5.41) is 0. The highest BCUT2D eigenvalue weighted by Gasteiger charge is 2.12. The van der Waals surface area contributed by atoms with Crippen LogP contribution in [0.5, 0.6) is 17.5 Å². The van der Waals surface area contributed by atoms with Gasteiger partial charge in [0.15, 0.2) is 5.69 Å². The van der Waals surface area contributed by atoms with E-state index < -0.39 is 0 Å². The predicted octanol–water partition coefficient (Wildman–Crippen LogP) is 1.44. The second-order valence-electron chi connectivity index (χ2n) is 3.23. The van der Waals surface area contributed by atoms with Crippen LogP contribution >= 0.6 is 0 Å². The Balaban J connectivity index is 2.36. The molecule has 0 atom stereocenters. The lowest BCUT2D eigenvalue weighted by Gasteiger charge is -2.10. The van der Waals surface area contributed by atoms with Gasteiger partial charge < -0.3 is 20.9 Å². The minimum atomic E-state index is 0.0435. The molecule has 0 unspecified atom stereocenters. The molecule has 0 fully saturated rings. The fraction of sp³-hybridized carbons (Fsp3) is 0.0909. The van der Waals surface area contributed by atoms with Gasteiger partial charge in [0, 0.05) is 0 Å². The Kier molecular flexibility index (Phi) is 2.95. The molecule has 0 bridgehead atoms. The summed E-state index contributed by atoms with van der Waals surface area (Å²) in [6.07, 6.45) is 0. The normalized spacial score (nSPS) is 9.94. The van der Waals surface area contributed by atoms with Gasteiger partial charge in [-0.2, -0.15) is 9.97 Å². The van der Waals surface area contributed by atoms with Crippen LogP contribution in [0, 0.1) is 0 Å². The number of para-hydroxylation sites is 1. The van der Waals surface area contributed by atoms with Gasteiger partial charge in [-0.05, 0) is 12.1 Å². The van der Waals surface area contributed by atoms with Crippen LogP contribution in [0.1, 0.15) is 0 Å². The summed E-state index contributed by atoms with van der Waals surface area (Å²) in [4.78, 5) is 7.75. The Bertz CT molecular complexity index is 516. The van der Waals surface area contributed by atoms with E-state index in [9.17, 15) is 0 Å². The van der Waals surface area contributed by atoms with Crippen LogP contribution in [0.3, 0.4) is 0 Å². The van der Waals surface area contributed by atoms with E-state index >= 15 is 0 Å². The zero-order valence-electron chi connectivity index (χ0n) is 9.25. The van der Waals surface area contributed by atoms with E-state index in [4.69, 9.17) is 20.9 Å². The first kappa shape index (κ1) is 11.0. The molecule has 6 heteroatoms. The zero-order valence-corrected chi connectivity index (χ0v) is 9.25. The number of aromatic nitrogens is 2. The van der Waals surface area contributed by atoms with Crippen LogP contribution < -0.4 is 20.9 Å². The monoisotopic (exact) mass is 232 g/mol. The van der Waals surface area contributed by atoms with Crippen LogP contribution in [0.2, 0.25) is 0 Å². The number of nitrogens with zero attached hydrogens (tertiary/aromatic N) is 2. The highest BCUT2D eigenvalue weighted by atomic mass is 16.5. The van der Waals surface area contributed by atoms with Gasteiger partial charge >= 0.3 is 0 Å². The molecule has 0 saturated carbocycles. The van der Waals surface area contributed by atoms with Crippen molar-refractivity contribution in [1.82, 2.24) is 9.97 Å². The first-order chi connectivity index (χ1) is 8.20. The summed E-state index contributed by atoms with van der Waals surface area (Å²) in [6, 6.07) is 9.13. The molecule has 6 nitrogen and oxygen atoms in total. The molecule has 1 aromatic carbocycles. The topological polar surface area (TPSA) is 96.3 Å². The minimum absolute atomic E-state index is 0.0435. The second-order valence-corrected chi connectivity index (χ2v) is 3.23. The molecule has 0 spiro atoms. The lowest BCUT2D eigenvalue weighted by molar-refractivity contribution is 0.393. The van der Waals surface area contributed by atoms with E-state index in [0.717, 1.165) is 0 Å². The van der Waals surface area contributed by atoms with E-state index in [1.807, 2.05) is 18.2 Å². The summed E-state index contributed by atoms with van der Waals surface area (Å²) in [7, 11) is 1.45. The van der Waals surface area contributed by atoms with Gasteiger partial charge in [-0.15, -0.1) is 0 Å². The lowest BCUT2D eigenvalue weighted by Crippen LogP contribution is -2.04. The van der Waals surface area contributed by atoms with E-state index in [0.29, 0.717) is 5.75 Å². The predicted molar refractivity (Wildman–Crippen MR) is 63.9 cm³/mol. The van der Waals surface area contributed by atoms with Gasteiger partial charge in [0.25, 0.3) is 5.88 Å². The van der Waals surface area contributed by atoms with Crippen molar-refractivity contribution in [2.24, 2.45) is 0 Å². The van der Waals surface area contributed by atoms with E-state index in [-0.39, 0.29) is 23.4 Å². The van der Waals surface area contributed by atoms with Crippen LogP contribution in [0.15, 0.2) is 30.3 Å². The largest absolute Gasteiger partial charge is 0.479 e. The molecule has 1 heterocycles. The maximum atomic E-state index is 5.78. The van der Waals surface area contributed by atoms with Crippen LogP contribution in [0.25, 0.3) is 0 Å². The quantitative estimate of drug-likeness (QED) is 0.831. The van der Waals surface area contributed by atoms with Crippen LogP contribution in [-0.2, 0) is 0 Å². The number of ether oxygens (including phenoxy) is 2. The summed E-state index contributed by atoms with van der Waals surface area (Å²) < 4.78 is 10.5. The number of nitrogen functional groups attached to an aromatic ring is 2. The Morgan fingerprint density at radius 1 is 1.00 bits per heavy atom. The average Bonchev–Trinajstić information content (AvgIpc) is 2.34. The highest BCUT2D eigenvalue weighted by Crippen LogP contribution is 2.31. The molecule has 88 valence electrons. The van der Waals surface area contributed by atoms with Gasteiger partial charge in [-0.1, -0.05) is 18.2 Å². The minimum Gasteiger partial charge on any atom is -0.479 e. The van der Waals surface area contributed by atoms with Crippen LogP contribution in [-0.4, -0.2) is 17.1 Å². The molecule has 0 amide bonds. The molecule has 0 aliphatic carbocycles. The molecule has 2 aromatic rings. The molecule has 2 rings (SSSR count). The van der Waals surface area contributed by atoms with E-state index in [2.05, 4.69) is 9.97 Å². The fourth-order valence-corrected chi connectivity index (χ4v) is 1.28. The first-order valence-corrected chi connectivity index (χ1v) is 4.90. The highest BCUT2D eigenvalue weighted by molar-refractivity contribution is 5.59. The third-order valence-corrected chi connectivity index (χ3v) is 2.04. The Labute approximate surface area is 98.2 Å². The Morgan fingerprint density at radius 2 is 1.65 bits per heavy atom. The molecule has 0 saturated heterocycles. The maximum absolute atomic E-state index is 5.78. The van der Waals surface area contributed by atoms with Crippen molar-refractivity contribution in [2.45, 2.75) is 0 Å². The number of hydrogen-bond acceptors (Lipinski definition) is 6. The van der Waals surface area contributed by atoms with Crippen molar-refractivity contribution in [2.75, 3.05) is 18.6 Å². The molecule has 1 aromatic heterocycles. The van der Waals surface area contributed by atoms with Crippen LogP contribution in [0.4, 0.5) is 11.6 Å². The fourth-order valence-electron chi connectivity index (χ4n) is 1.28. The van der Waals surface area contributed by atoms with Gasteiger partial charge in [0.05, 0.1) is 7.11 Å². The van der Waals surface area contributed by atoms with Crippen molar-refractivity contribution in [3.05, 3.63) is 30.3 Å². The van der Waals surface area contributed by atoms with Crippen molar-refractivity contribution >= 4 is 11.6 Å². The zero-order chi connectivity index (χ0) is 12.3. The van der Waals surface area contributed by atoms with Crippen molar-refractivity contribution in [3.8, 4) is 17.5 Å². The molecule has 0 radical (unpaired) electrons. The summed E-state index contributed by atoms with van der Waals surface area (Å²) in [5.41, 5.74) is 11.5. The van der Waals surface area contributed by atoms with Gasteiger partial charge in [0.2, 0.25) is 11.8 Å². The molecular weight excluding hydrogens is 220 g/mol. The molecule has 4 N–H and O–H groups in total. The first-order valence-electron chi connectivity index (χ1n) is 4.90. The van der Waals surface area contributed by atoms with Crippen molar-refractivity contribution in [3.63, 3.8) is 0 Å². The van der Waals surface area contributed by atoms with E-state index in [1.165, 1.54) is 7.11 Å². The number of hydrogen-bond donors (Lipinski definition) is 2. The third kappa shape index (κ3) is 2.36. The molecule has 0 aliphatic rings. The summed E-state index contributed by atoms with van der Waals surface area (Å²) in [6.45, 7) is 0. The number of benzene rings is 1.